The zero-order chi connectivity index (χ0) is 39.9. The van der Waals surface area contributed by atoms with Crippen molar-refractivity contribution in [2.24, 2.45) is 7.05 Å². The molecule has 1 fully saturated rings. The van der Waals surface area contributed by atoms with Gasteiger partial charge < -0.3 is 15.4 Å². The minimum atomic E-state index is -0.178. The number of anilines is 2. The van der Waals surface area contributed by atoms with Gasteiger partial charge in [-0.15, -0.1) is 0 Å². The van der Waals surface area contributed by atoms with Gasteiger partial charge in [-0.1, -0.05) is 38.1 Å². The van der Waals surface area contributed by atoms with Gasteiger partial charge in [0.2, 0.25) is 0 Å². The summed E-state index contributed by atoms with van der Waals surface area (Å²) in [7, 11) is 3.58. The second kappa shape index (κ2) is 18.3. The molecule has 7 rings (SSSR count). The molecule has 2 amide bonds. The Hall–Kier alpha value is -5.06. The molecule has 1 atom stereocenters. The van der Waals surface area contributed by atoms with E-state index in [2.05, 4.69) is 39.4 Å². The molecule has 4 aromatic carbocycles. The van der Waals surface area contributed by atoms with Crippen LogP contribution in [0.3, 0.4) is 0 Å². The molecule has 0 spiro atoms. The van der Waals surface area contributed by atoms with Crippen molar-refractivity contribution in [2.45, 2.75) is 53.2 Å². The number of fused-ring (bicyclic) bond motifs is 1. The monoisotopic (exact) mass is 822 g/mol. The Morgan fingerprint density at radius 1 is 0.911 bits per heavy atom. The Morgan fingerprint density at radius 2 is 1.62 bits per heavy atom. The van der Waals surface area contributed by atoms with E-state index in [0.29, 0.717) is 60.1 Å². The Kier molecular flexibility index (Phi) is 13.2. The molecular weight excluding hydrogens is 769 g/mol. The Morgan fingerprint density at radius 3 is 2.32 bits per heavy atom. The molecule has 2 N–H and O–H groups in total. The number of benzene rings is 4. The first-order valence-electron chi connectivity index (χ1n) is 19.2. The van der Waals surface area contributed by atoms with Gasteiger partial charge in [0.05, 0.1) is 13.2 Å². The Labute approximate surface area is 339 Å². The third-order valence-corrected chi connectivity index (χ3v) is 11.3. The first-order valence-corrected chi connectivity index (χ1v) is 19.9. The summed E-state index contributed by atoms with van der Waals surface area (Å²) in [5.41, 5.74) is 15.3. The van der Waals surface area contributed by atoms with Gasteiger partial charge in [0, 0.05) is 37.9 Å². The van der Waals surface area contributed by atoms with Crippen LogP contribution >= 0.6 is 0 Å². The fraction of sp³-hybridized carbons (Fsp3) is 0.333. The molecule has 0 bridgehead atoms. The number of morpholine rings is 1. The van der Waals surface area contributed by atoms with Crippen LogP contribution in [0.2, 0.25) is 0 Å². The number of carbonyl (C=O) groups is 2. The number of hydrogen-bond acceptors (Lipinski definition) is 7. The number of rotatable bonds is 10. The molecule has 5 aromatic rings. The fourth-order valence-corrected chi connectivity index (χ4v) is 7.92. The second-order valence-corrected chi connectivity index (χ2v) is 14.4. The zero-order valence-corrected chi connectivity index (χ0v) is 34.9. The number of aromatic nitrogens is 1. The van der Waals surface area contributed by atoms with Crippen LogP contribution in [0.4, 0.5) is 11.4 Å². The van der Waals surface area contributed by atoms with E-state index in [1.807, 2.05) is 111 Å². The molecule has 0 unspecified atom stereocenters. The summed E-state index contributed by atoms with van der Waals surface area (Å²) in [6.45, 7) is 12.6. The molecule has 11 heteroatoms. The molecule has 1 aromatic heterocycles. The van der Waals surface area contributed by atoms with Gasteiger partial charge in [-0.2, -0.15) is 0 Å². The molecule has 293 valence electrons. The predicted octanol–water partition coefficient (Wildman–Crippen LogP) is 7.13. The number of nitrogens with zero attached hydrogens (tertiary/aromatic N) is 4. The summed E-state index contributed by atoms with van der Waals surface area (Å²) in [5, 5.41) is 0. The fourth-order valence-electron chi connectivity index (χ4n) is 7.69. The topological polar surface area (TPSA) is 102 Å². The van der Waals surface area contributed by atoms with E-state index in [1.54, 1.807) is 18.1 Å². The van der Waals surface area contributed by atoms with Crippen LogP contribution in [0.5, 0.6) is 11.5 Å². The SMILES string of the molecule is CC.COc1cccc(CN(C(=O)c2cc(-c3cc(N)ccc3C(=O)N3Cc4ccccc4C[C@H]3CN3CCOCC3)n(C)c2C)c2ccc(O[Se])cc2)c1C. The van der Waals surface area contributed by atoms with Crippen molar-refractivity contribution < 1.29 is 22.9 Å². The van der Waals surface area contributed by atoms with Crippen molar-refractivity contribution in [1.82, 2.24) is 14.4 Å². The molecule has 2 aliphatic heterocycles. The predicted molar refractivity (Wildman–Crippen MR) is 223 cm³/mol. The maximum atomic E-state index is 14.9. The third-order valence-electron chi connectivity index (χ3n) is 10.9. The van der Waals surface area contributed by atoms with Crippen molar-refractivity contribution in [3.63, 3.8) is 0 Å². The van der Waals surface area contributed by atoms with E-state index in [4.69, 9.17) is 19.0 Å². The van der Waals surface area contributed by atoms with Crippen LogP contribution in [0.1, 0.15) is 62.5 Å². The number of methoxy groups -OCH3 is 1. The van der Waals surface area contributed by atoms with Gasteiger partial charge in [0.25, 0.3) is 5.91 Å². The average molecular weight is 822 g/mol. The summed E-state index contributed by atoms with van der Waals surface area (Å²) in [6, 6.07) is 29.0. The van der Waals surface area contributed by atoms with Gasteiger partial charge >= 0.3 is 191 Å². The number of amides is 2. The van der Waals surface area contributed by atoms with Gasteiger partial charge in [-0.05, 0) is 29.7 Å². The zero-order valence-electron chi connectivity index (χ0n) is 33.2. The standard InChI is InChI=1S/C43H46N5O5Se.C2H6/c1-28-31(10-7-11-41(28)51-4)25-47(34-13-15-36(53-54)16-14-34)43(50)38-24-40(45(3)29(38)2)39-23-33(44)12-17-37(39)42(49)48-26-32-9-6-5-8-30(32)22-35(48)27-46-18-20-52-21-19-46;1-2/h5-17,23-24,35H,18-22,25-27,44H2,1-4H3;1-2H3/t35-;/m0./s1. The second-order valence-electron chi connectivity index (χ2n) is 14.1. The summed E-state index contributed by atoms with van der Waals surface area (Å²) < 4.78 is 18.5. The number of carbonyl (C=O) groups excluding carboxylic acids is 2. The van der Waals surface area contributed by atoms with Crippen molar-refractivity contribution in [2.75, 3.05) is 50.6 Å². The van der Waals surface area contributed by atoms with Gasteiger partial charge in [-0.25, -0.2) is 0 Å². The van der Waals surface area contributed by atoms with Crippen molar-refractivity contribution in [3.05, 3.63) is 130 Å². The van der Waals surface area contributed by atoms with Crippen LogP contribution in [0, 0.1) is 13.8 Å². The molecule has 1 radical (unpaired) electrons. The summed E-state index contributed by atoms with van der Waals surface area (Å²) in [5.74, 6) is 1.16. The molecule has 10 nitrogen and oxygen atoms in total. The van der Waals surface area contributed by atoms with Crippen LogP contribution < -0.4 is 19.2 Å². The van der Waals surface area contributed by atoms with Gasteiger partial charge in [0.1, 0.15) is 0 Å². The molecule has 2 aliphatic rings. The number of ether oxygens (including phenoxy) is 2. The molecular formula is C45H52N5O5Se. The van der Waals surface area contributed by atoms with Crippen molar-refractivity contribution in [1.29, 1.82) is 0 Å². The molecule has 1 saturated heterocycles. The normalized spacial score (nSPS) is 15.3. The average Bonchev–Trinajstić information content (AvgIpc) is 3.53. The first kappa shape index (κ1) is 40.6. The molecule has 56 heavy (non-hydrogen) atoms. The summed E-state index contributed by atoms with van der Waals surface area (Å²) >= 11 is 2.57. The van der Waals surface area contributed by atoms with Crippen molar-refractivity contribution >= 4 is 39.5 Å². The van der Waals surface area contributed by atoms with Crippen LogP contribution in [0.25, 0.3) is 11.3 Å². The van der Waals surface area contributed by atoms with Crippen LogP contribution in [-0.2, 0) is 31.3 Å². The number of nitrogens with two attached hydrogens (primary N) is 1. The van der Waals surface area contributed by atoms with Crippen LogP contribution in [-0.4, -0.2) is 88.5 Å². The summed E-state index contributed by atoms with van der Waals surface area (Å²) in [6.07, 6.45) is 0.775. The van der Waals surface area contributed by atoms with E-state index in [1.165, 1.54) is 5.56 Å². The van der Waals surface area contributed by atoms with E-state index < -0.39 is 0 Å². The van der Waals surface area contributed by atoms with E-state index in [0.717, 1.165) is 59.9 Å². The van der Waals surface area contributed by atoms with Gasteiger partial charge in [0.15, 0.2) is 0 Å². The Bertz CT molecular complexity index is 2160. The van der Waals surface area contributed by atoms with E-state index in [-0.39, 0.29) is 17.9 Å². The number of hydrogen-bond donors (Lipinski definition) is 1. The first-order chi connectivity index (χ1) is 27.2. The number of nitrogen functional groups attached to an aromatic ring is 1. The quantitative estimate of drug-likeness (QED) is 0.118. The van der Waals surface area contributed by atoms with Gasteiger partial charge in [-0.3, -0.25) is 9.69 Å². The Balaban J connectivity index is 0.00000262. The van der Waals surface area contributed by atoms with E-state index in [9.17, 15) is 9.59 Å². The maximum absolute atomic E-state index is 14.9. The molecule has 3 heterocycles. The minimum absolute atomic E-state index is 0.0146. The van der Waals surface area contributed by atoms with Crippen molar-refractivity contribution in [3.8, 4) is 22.8 Å². The van der Waals surface area contributed by atoms with E-state index >= 15 is 0 Å². The third kappa shape index (κ3) is 8.51. The molecule has 0 saturated carbocycles. The van der Waals surface area contributed by atoms with Crippen LogP contribution in [0.15, 0.2) is 91.0 Å². The molecule has 0 aliphatic carbocycles. The summed E-state index contributed by atoms with van der Waals surface area (Å²) in [4.78, 5) is 35.9.